The van der Waals surface area contributed by atoms with E-state index in [1.54, 1.807) is 68.4 Å². The van der Waals surface area contributed by atoms with Crippen molar-refractivity contribution in [3.05, 3.63) is 42.5 Å². The Kier molecular flexibility index (Phi) is 7.19. The van der Waals surface area contributed by atoms with E-state index in [9.17, 15) is 14.4 Å². The topological polar surface area (TPSA) is 97.4 Å². The first-order valence-electron chi connectivity index (χ1n) is 10.2. The second kappa shape index (κ2) is 10.0. The summed E-state index contributed by atoms with van der Waals surface area (Å²) in [7, 11) is 4.68. The van der Waals surface area contributed by atoms with Crippen molar-refractivity contribution in [3.8, 4) is 11.5 Å². The number of carbonyl (C=O) groups is 3. The molecule has 170 valence electrons. The Hall–Kier alpha value is -3.75. The minimum atomic E-state index is -0.514. The summed E-state index contributed by atoms with van der Waals surface area (Å²) < 4.78 is 15.6. The molecule has 2 aromatic carbocycles. The van der Waals surface area contributed by atoms with Crippen LogP contribution in [0.25, 0.3) is 0 Å². The number of amides is 3. The highest BCUT2D eigenvalue weighted by molar-refractivity contribution is 6.04. The first-order valence-corrected chi connectivity index (χ1v) is 10.2. The normalized spacial score (nSPS) is 15.3. The first kappa shape index (κ1) is 22.9. The smallest absolute Gasteiger partial charge is 0.413 e. The molecule has 1 fully saturated rings. The molecule has 3 amide bonds. The number of carbonyl (C=O) groups excluding carboxylic acids is 3. The van der Waals surface area contributed by atoms with Gasteiger partial charge in [-0.25, -0.2) is 4.79 Å². The Morgan fingerprint density at radius 2 is 1.84 bits per heavy atom. The van der Waals surface area contributed by atoms with Crippen LogP contribution in [0.1, 0.15) is 13.3 Å². The molecule has 0 spiro atoms. The molecule has 0 saturated carbocycles. The van der Waals surface area contributed by atoms with Gasteiger partial charge >= 0.3 is 6.09 Å². The standard InChI is InChI=1S/C23H27N3O6/c1-5-32-23(29)25(2)17-8-6-16(7-9-17)24-22(28)15-12-21(27)26(14-15)19-13-18(30-3)10-11-20(19)31-4/h6-11,13,15H,5,12,14H2,1-4H3,(H,24,28). The molecule has 1 heterocycles. The number of hydrogen-bond donors (Lipinski definition) is 1. The fourth-order valence-corrected chi connectivity index (χ4v) is 3.46. The van der Waals surface area contributed by atoms with Gasteiger partial charge < -0.3 is 24.4 Å². The maximum absolute atomic E-state index is 12.8. The van der Waals surface area contributed by atoms with E-state index in [2.05, 4.69) is 5.32 Å². The van der Waals surface area contributed by atoms with Crippen LogP contribution in [-0.4, -0.2) is 52.3 Å². The second-order valence-corrected chi connectivity index (χ2v) is 7.24. The van der Waals surface area contributed by atoms with Gasteiger partial charge in [-0.3, -0.25) is 14.5 Å². The molecule has 0 aromatic heterocycles. The Morgan fingerprint density at radius 1 is 1.12 bits per heavy atom. The molecule has 1 saturated heterocycles. The summed E-state index contributed by atoms with van der Waals surface area (Å²) in [5, 5.41) is 2.84. The fourth-order valence-electron chi connectivity index (χ4n) is 3.46. The molecular weight excluding hydrogens is 414 g/mol. The zero-order chi connectivity index (χ0) is 23.3. The summed E-state index contributed by atoms with van der Waals surface area (Å²) in [5.41, 5.74) is 1.77. The zero-order valence-corrected chi connectivity index (χ0v) is 18.6. The van der Waals surface area contributed by atoms with Crippen molar-refractivity contribution in [1.29, 1.82) is 0 Å². The Morgan fingerprint density at radius 3 is 2.47 bits per heavy atom. The Labute approximate surface area is 186 Å². The van der Waals surface area contributed by atoms with E-state index in [1.165, 1.54) is 12.0 Å². The highest BCUT2D eigenvalue weighted by atomic mass is 16.6. The lowest BCUT2D eigenvalue weighted by atomic mass is 10.1. The third-order valence-corrected chi connectivity index (χ3v) is 5.24. The lowest BCUT2D eigenvalue weighted by Crippen LogP contribution is -2.28. The van der Waals surface area contributed by atoms with E-state index in [-0.39, 0.29) is 31.4 Å². The van der Waals surface area contributed by atoms with Crippen LogP contribution in [0.15, 0.2) is 42.5 Å². The monoisotopic (exact) mass is 441 g/mol. The molecule has 1 N–H and O–H groups in total. The molecular formula is C23H27N3O6. The van der Waals surface area contributed by atoms with Crippen molar-refractivity contribution in [1.82, 2.24) is 0 Å². The van der Waals surface area contributed by atoms with Gasteiger partial charge in [0.25, 0.3) is 0 Å². The predicted molar refractivity (Wildman–Crippen MR) is 121 cm³/mol. The summed E-state index contributed by atoms with van der Waals surface area (Å²) in [4.78, 5) is 40.2. The summed E-state index contributed by atoms with van der Waals surface area (Å²) in [5.74, 6) is 0.188. The van der Waals surface area contributed by atoms with Crippen LogP contribution >= 0.6 is 0 Å². The molecule has 32 heavy (non-hydrogen) atoms. The fraction of sp³-hybridized carbons (Fsp3) is 0.348. The molecule has 0 radical (unpaired) electrons. The highest BCUT2D eigenvalue weighted by Gasteiger charge is 2.36. The van der Waals surface area contributed by atoms with Gasteiger partial charge in [0.2, 0.25) is 11.8 Å². The molecule has 3 rings (SSSR count). The van der Waals surface area contributed by atoms with Gasteiger partial charge in [-0.15, -0.1) is 0 Å². The second-order valence-electron chi connectivity index (χ2n) is 7.24. The van der Waals surface area contributed by atoms with Crippen LogP contribution in [0, 0.1) is 5.92 Å². The van der Waals surface area contributed by atoms with E-state index >= 15 is 0 Å². The van der Waals surface area contributed by atoms with Crippen molar-refractivity contribution in [2.24, 2.45) is 5.92 Å². The average Bonchev–Trinajstić information content (AvgIpc) is 3.20. The molecule has 1 unspecified atom stereocenters. The van der Waals surface area contributed by atoms with E-state index in [4.69, 9.17) is 14.2 Å². The highest BCUT2D eigenvalue weighted by Crippen LogP contribution is 2.36. The molecule has 1 aliphatic heterocycles. The summed E-state index contributed by atoms with van der Waals surface area (Å²) in [6.45, 7) is 2.26. The van der Waals surface area contributed by atoms with Gasteiger partial charge in [-0.05, 0) is 43.3 Å². The number of nitrogens with one attached hydrogen (secondary N) is 1. The third-order valence-electron chi connectivity index (χ3n) is 5.24. The zero-order valence-electron chi connectivity index (χ0n) is 18.6. The summed E-state index contributed by atoms with van der Waals surface area (Å²) in [6.07, 6.45) is -0.364. The molecule has 9 heteroatoms. The average molecular weight is 441 g/mol. The maximum Gasteiger partial charge on any atom is 0.413 e. The first-order chi connectivity index (χ1) is 15.4. The van der Waals surface area contributed by atoms with Gasteiger partial charge in [-0.1, -0.05) is 0 Å². The minimum Gasteiger partial charge on any atom is -0.497 e. The molecule has 0 aliphatic carbocycles. The van der Waals surface area contributed by atoms with E-state index in [0.29, 0.717) is 28.6 Å². The van der Waals surface area contributed by atoms with Gasteiger partial charge in [0, 0.05) is 37.5 Å². The van der Waals surface area contributed by atoms with Gasteiger partial charge in [0.1, 0.15) is 11.5 Å². The number of methoxy groups -OCH3 is 2. The molecule has 1 aliphatic rings. The molecule has 1 atom stereocenters. The van der Waals surface area contributed by atoms with Gasteiger partial charge in [0.05, 0.1) is 32.4 Å². The van der Waals surface area contributed by atoms with Crippen molar-refractivity contribution in [2.45, 2.75) is 13.3 Å². The van der Waals surface area contributed by atoms with Crippen LogP contribution in [0.4, 0.5) is 21.9 Å². The Balaban J connectivity index is 1.67. The summed E-state index contributed by atoms with van der Waals surface area (Å²) in [6, 6.07) is 12.0. The largest absolute Gasteiger partial charge is 0.497 e. The number of anilines is 3. The number of hydrogen-bond acceptors (Lipinski definition) is 6. The predicted octanol–water partition coefficient (Wildman–Crippen LogP) is 3.29. The molecule has 2 aromatic rings. The molecule has 9 nitrogen and oxygen atoms in total. The van der Waals surface area contributed by atoms with Crippen molar-refractivity contribution < 1.29 is 28.6 Å². The number of rotatable bonds is 7. The lowest BCUT2D eigenvalue weighted by Gasteiger charge is -2.20. The van der Waals surface area contributed by atoms with Crippen LogP contribution in [-0.2, 0) is 14.3 Å². The number of benzene rings is 2. The van der Waals surface area contributed by atoms with Crippen molar-refractivity contribution in [3.63, 3.8) is 0 Å². The van der Waals surface area contributed by atoms with Crippen LogP contribution in [0.5, 0.6) is 11.5 Å². The Bertz CT molecular complexity index is 992. The third kappa shape index (κ3) is 4.93. The maximum atomic E-state index is 12.8. The van der Waals surface area contributed by atoms with Crippen LogP contribution in [0.3, 0.4) is 0 Å². The van der Waals surface area contributed by atoms with Crippen molar-refractivity contribution in [2.75, 3.05) is 49.5 Å². The van der Waals surface area contributed by atoms with Crippen molar-refractivity contribution >= 4 is 35.0 Å². The van der Waals surface area contributed by atoms with Crippen LogP contribution in [0.2, 0.25) is 0 Å². The van der Waals surface area contributed by atoms with E-state index < -0.39 is 12.0 Å². The summed E-state index contributed by atoms with van der Waals surface area (Å²) >= 11 is 0. The lowest BCUT2D eigenvalue weighted by molar-refractivity contribution is -0.122. The van der Waals surface area contributed by atoms with Gasteiger partial charge in [-0.2, -0.15) is 0 Å². The van der Waals surface area contributed by atoms with E-state index in [1.807, 2.05) is 0 Å². The van der Waals surface area contributed by atoms with Crippen LogP contribution < -0.4 is 24.6 Å². The minimum absolute atomic E-state index is 0.0931. The quantitative estimate of drug-likeness (QED) is 0.708. The SMILES string of the molecule is CCOC(=O)N(C)c1ccc(NC(=O)C2CC(=O)N(c3cc(OC)ccc3OC)C2)cc1. The van der Waals surface area contributed by atoms with Gasteiger partial charge in [0.15, 0.2) is 0 Å². The number of nitrogens with zero attached hydrogens (tertiary/aromatic N) is 2. The molecule has 0 bridgehead atoms. The van der Waals surface area contributed by atoms with E-state index in [0.717, 1.165) is 0 Å². The number of ether oxygens (including phenoxy) is 3.